The summed E-state index contributed by atoms with van der Waals surface area (Å²) >= 11 is 0. The zero-order chi connectivity index (χ0) is 14.4. The second-order valence-corrected chi connectivity index (χ2v) is 4.72. The predicted molar refractivity (Wildman–Crippen MR) is 66.1 cm³/mol. The minimum absolute atomic E-state index is 0.0162. The molecule has 1 amide bonds. The van der Waals surface area contributed by atoms with Crippen LogP contribution in [0.1, 0.15) is 32.6 Å². The molecule has 7 heteroatoms. The Kier molecular flexibility index (Phi) is 5.75. The first-order valence-electron chi connectivity index (χ1n) is 6.38. The quantitative estimate of drug-likeness (QED) is 0.519. The standard InChI is InChI=1S/C12H20N2O5/c1-2-8(6-19-12(18)7-3-4-7)14-11(17)9(13)5-10(15)16/h7-9H,2-6,13H2,1H3,(H,14,17)(H,15,16). The Morgan fingerprint density at radius 1 is 1.42 bits per heavy atom. The highest BCUT2D eigenvalue weighted by atomic mass is 16.5. The Morgan fingerprint density at radius 2 is 2.05 bits per heavy atom. The fourth-order valence-corrected chi connectivity index (χ4v) is 1.47. The SMILES string of the molecule is CCC(COC(=O)C1CC1)NC(=O)C(N)CC(=O)O. The number of nitrogens with one attached hydrogen (secondary N) is 1. The third-order valence-electron chi connectivity index (χ3n) is 2.91. The molecule has 2 unspecified atom stereocenters. The third-order valence-corrected chi connectivity index (χ3v) is 2.91. The van der Waals surface area contributed by atoms with Crippen LogP contribution in [0.5, 0.6) is 0 Å². The molecule has 0 bridgehead atoms. The monoisotopic (exact) mass is 272 g/mol. The van der Waals surface area contributed by atoms with Crippen LogP contribution in [0.3, 0.4) is 0 Å². The number of amides is 1. The molecule has 0 aromatic rings. The number of esters is 1. The molecule has 1 saturated carbocycles. The van der Waals surface area contributed by atoms with E-state index in [0.717, 1.165) is 12.8 Å². The van der Waals surface area contributed by atoms with Gasteiger partial charge in [0.2, 0.25) is 5.91 Å². The van der Waals surface area contributed by atoms with Gasteiger partial charge in [-0.05, 0) is 19.3 Å². The van der Waals surface area contributed by atoms with Crippen molar-refractivity contribution in [1.82, 2.24) is 5.32 Å². The molecule has 1 fully saturated rings. The molecule has 19 heavy (non-hydrogen) atoms. The lowest BCUT2D eigenvalue weighted by Gasteiger charge is -2.19. The zero-order valence-corrected chi connectivity index (χ0v) is 10.9. The smallest absolute Gasteiger partial charge is 0.309 e. The molecule has 0 heterocycles. The summed E-state index contributed by atoms with van der Waals surface area (Å²) in [7, 11) is 0. The molecular formula is C12H20N2O5. The fourth-order valence-electron chi connectivity index (χ4n) is 1.47. The predicted octanol–water partition coefficient (Wildman–Crippen LogP) is -0.364. The Labute approximate surface area is 111 Å². The summed E-state index contributed by atoms with van der Waals surface area (Å²) in [6.45, 7) is 1.93. The van der Waals surface area contributed by atoms with E-state index in [1.807, 2.05) is 6.92 Å². The van der Waals surface area contributed by atoms with Crippen molar-refractivity contribution in [2.45, 2.75) is 44.7 Å². The molecule has 1 aliphatic rings. The average molecular weight is 272 g/mol. The van der Waals surface area contributed by atoms with E-state index < -0.39 is 24.3 Å². The number of carbonyl (C=O) groups is 3. The van der Waals surface area contributed by atoms with Gasteiger partial charge in [0.1, 0.15) is 6.61 Å². The first kappa shape index (κ1) is 15.4. The number of carboxylic acid groups (broad SMARTS) is 1. The average Bonchev–Trinajstić information content (AvgIpc) is 3.16. The number of aliphatic carboxylic acids is 1. The van der Waals surface area contributed by atoms with Gasteiger partial charge in [-0.1, -0.05) is 6.92 Å². The van der Waals surface area contributed by atoms with E-state index in [9.17, 15) is 14.4 Å². The van der Waals surface area contributed by atoms with Gasteiger partial charge >= 0.3 is 11.9 Å². The van der Waals surface area contributed by atoms with Gasteiger partial charge in [0.25, 0.3) is 0 Å². The van der Waals surface area contributed by atoms with Crippen molar-refractivity contribution in [3.8, 4) is 0 Å². The second kappa shape index (κ2) is 7.08. The van der Waals surface area contributed by atoms with E-state index in [1.165, 1.54) is 0 Å². The number of carbonyl (C=O) groups excluding carboxylic acids is 2. The summed E-state index contributed by atoms with van der Waals surface area (Å²) in [5, 5.41) is 11.1. The maximum Gasteiger partial charge on any atom is 0.309 e. The van der Waals surface area contributed by atoms with Gasteiger partial charge in [-0.2, -0.15) is 0 Å². The normalized spacial score (nSPS) is 17.4. The van der Waals surface area contributed by atoms with Crippen molar-refractivity contribution in [1.29, 1.82) is 0 Å². The molecule has 0 spiro atoms. The van der Waals surface area contributed by atoms with Gasteiger partial charge in [0.05, 0.1) is 24.4 Å². The molecule has 0 aromatic carbocycles. The van der Waals surface area contributed by atoms with Crippen LogP contribution in [0.25, 0.3) is 0 Å². The van der Waals surface area contributed by atoms with Crippen LogP contribution in [0.4, 0.5) is 0 Å². The Morgan fingerprint density at radius 3 is 2.53 bits per heavy atom. The lowest BCUT2D eigenvalue weighted by atomic mass is 10.1. The Hall–Kier alpha value is -1.63. The molecule has 1 rings (SSSR count). The second-order valence-electron chi connectivity index (χ2n) is 4.72. The van der Waals surface area contributed by atoms with Gasteiger partial charge in [-0.25, -0.2) is 0 Å². The van der Waals surface area contributed by atoms with Crippen molar-refractivity contribution >= 4 is 17.8 Å². The summed E-state index contributed by atoms with van der Waals surface area (Å²) in [5.41, 5.74) is 5.43. The first-order valence-corrected chi connectivity index (χ1v) is 6.38. The molecule has 7 nitrogen and oxygen atoms in total. The molecular weight excluding hydrogens is 252 g/mol. The van der Waals surface area contributed by atoms with Crippen LogP contribution in [0.2, 0.25) is 0 Å². The number of hydrogen-bond donors (Lipinski definition) is 3. The van der Waals surface area contributed by atoms with Gasteiger partial charge < -0.3 is 20.9 Å². The summed E-state index contributed by atoms with van der Waals surface area (Å²) < 4.78 is 5.07. The summed E-state index contributed by atoms with van der Waals surface area (Å²) in [6.07, 6.45) is 1.88. The van der Waals surface area contributed by atoms with Gasteiger partial charge in [-0.3, -0.25) is 14.4 Å². The van der Waals surface area contributed by atoms with Crippen molar-refractivity contribution in [3.63, 3.8) is 0 Å². The van der Waals surface area contributed by atoms with Crippen molar-refractivity contribution in [2.24, 2.45) is 11.7 Å². The Bertz CT molecular complexity index is 354. The zero-order valence-electron chi connectivity index (χ0n) is 10.9. The van der Waals surface area contributed by atoms with E-state index in [-0.39, 0.29) is 24.5 Å². The highest BCUT2D eigenvalue weighted by Crippen LogP contribution is 2.30. The molecule has 0 aromatic heterocycles. The van der Waals surface area contributed by atoms with E-state index in [1.54, 1.807) is 0 Å². The molecule has 2 atom stereocenters. The maximum absolute atomic E-state index is 11.6. The van der Waals surface area contributed by atoms with Crippen LogP contribution < -0.4 is 11.1 Å². The van der Waals surface area contributed by atoms with Crippen molar-refractivity contribution in [3.05, 3.63) is 0 Å². The van der Waals surface area contributed by atoms with E-state index >= 15 is 0 Å². The summed E-state index contributed by atoms with van der Waals surface area (Å²) in [4.78, 5) is 33.4. The molecule has 108 valence electrons. The molecule has 1 aliphatic carbocycles. The van der Waals surface area contributed by atoms with E-state index in [2.05, 4.69) is 5.32 Å². The Balaban J connectivity index is 2.31. The molecule has 0 radical (unpaired) electrons. The number of hydrogen-bond acceptors (Lipinski definition) is 5. The van der Waals surface area contributed by atoms with Crippen LogP contribution in [-0.4, -0.2) is 41.6 Å². The summed E-state index contributed by atoms with van der Waals surface area (Å²) in [6, 6.07) is -1.43. The molecule has 0 aliphatic heterocycles. The number of carboxylic acids is 1. The highest BCUT2D eigenvalue weighted by Gasteiger charge is 2.31. The van der Waals surface area contributed by atoms with Crippen LogP contribution in [-0.2, 0) is 19.1 Å². The van der Waals surface area contributed by atoms with E-state index in [4.69, 9.17) is 15.6 Å². The van der Waals surface area contributed by atoms with Gasteiger partial charge in [0, 0.05) is 0 Å². The van der Waals surface area contributed by atoms with Crippen LogP contribution >= 0.6 is 0 Å². The minimum Gasteiger partial charge on any atom is -0.481 e. The van der Waals surface area contributed by atoms with Gasteiger partial charge in [-0.15, -0.1) is 0 Å². The fraction of sp³-hybridized carbons (Fsp3) is 0.750. The first-order chi connectivity index (χ1) is 8.93. The number of ether oxygens (including phenoxy) is 1. The lowest BCUT2D eigenvalue weighted by molar-refractivity contribution is -0.146. The summed E-state index contributed by atoms with van der Waals surface area (Å²) in [5.74, 6) is -1.89. The minimum atomic E-state index is -1.13. The molecule has 0 saturated heterocycles. The number of rotatable bonds is 8. The number of nitrogens with two attached hydrogens (primary N) is 1. The van der Waals surface area contributed by atoms with Crippen molar-refractivity contribution in [2.75, 3.05) is 6.61 Å². The molecule has 4 N–H and O–H groups in total. The largest absolute Gasteiger partial charge is 0.481 e. The van der Waals surface area contributed by atoms with Gasteiger partial charge in [0.15, 0.2) is 0 Å². The lowest BCUT2D eigenvalue weighted by Crippen LogP contribution is -2.47. The topological polar surface area (TPSA) is 119 Å². The van der Waals surface area contributed by atoms with Crippen LogP contribution in [0.15, 0.2) is 0 Å². The highest BCUT2D eigenvalue weighted by molar-refractivity contribution is 5.86. The van der Waals surface area contributed by atoms with E-state index in [0.29, 0.717) is 6.42 Å². The van der Waals surface area contributed by atoms with Crippen molar-refractivity contribution < 1.29 is 24.2 Å². The third kappa shape index (κ3) is 5.69. The maximum atomic E-state index is 11.6. The van der Waals surface area contributed by atoms with Crippen LogP contribution in [0, 0.1) is 5.92 Å².